The molecule has 6 nitrogen and oxygen atoms in total. The van der Waals surface area contributed by atoms with E-state index in [0.717, 1.165) is 0 Å². The quantitative estimate of drug-likeness (QED) is 0.462. The number of hydrogen-bond donors (Lipinski definition) is 0. The van der Waals surface area contributed by atoms with E-state index in [0.29, 0.717) is 5.56 Å². The summed E-state index contributed by atoms with van der Waals surface area (Å²) in [7, 11) is -3.88. The molecule has 0 spiro atoms. The fraction of sp³-hybridized carbons (Fsp3) is 0.435. The van der Waals surface area contributed by atoms with Crippen LogP contribution in [0.3, 0.4) is 0 Å². The molecule has 2 heterocycles. The molecule has 4 rings (SSSR count). The van der Waals surface area contributed by atoms with E-state index in [9.17, 15) is 31.1 Å². The highest BCUT2D eigenvalue weighted by Gasteiger charge is 2.63. The third kappa shape index (κ3) is 4.56. The molecule has 0 aromatic heterocycles. The first-order valence-corrected chi connectivity index (χ1v) is 12.2. The highest BCUT2D eigenvalue weighted by molar-refractivity contribution is 8.00. The number of carbonyl (C=O) groups is 1. The van der Waals surface area contributed by atoms with Crippen molar-refractivity contribution in [3.8, 4) is 5.75 Å². The smallest absolute Gasteiger partial charge is 0.573 e. The van der Waals surface area contributed by atoms with Gasteiger partial charge in [-0.05, 0) is 37.6 Å². The second-order valence-corrected chi connectivity index (χ2v) is 11.8. The van der Waals surface area contributed by atoms with Crippen LogP contribution >= 0.6 is 0 Å². The predicted octanol–water partition coefficient (Wildman–Crippen LogP) is 3.73. The molecule has 0 N–H and O–H groups in total. The van der Waals surface area contributed by atoms with Gasteiger partial charge in [-0.25, -0.2) is 4.39 Å². The molecule has 184 valence electrons. The Morgan fingerprint density at radius 3 is 2.50 bits per heavy atom. The van der Waals surface area contributed by atoms with Gasteiger partial charge in [0.15, 0.2) is 5.25 Å². The maximum Gasteiger partial charge on any atom is 0.573 e. The summed E-state index contributed by atoms with van der Waals surface area (Å²) >= 11 is 0. The minimum atomic E-state index is -4.82. The van der Waals surface area contributed by atoms with Crippen LogP contribution in [-0.2, 0) is 32.3 Å². The van der Waals surface area contributed by atoms with Gasteiger partial charge >= 0.3 is 6.36 Å². The summed E-state index contributed by atoms with van der Waals surface area (Å²) in [5, 5.41) is -0.901. The molecule has 2 saturated heterocycles. The summed E-state index contributed by atoms with van der Waals surface area (Å²) in [5.41, 5.74) is 0.782. The number of ether oxygens (including phenoxy) is 1. The first kappa shape index (κ1) is 24.6. The van der Waals surface area contributed by atoms with E-state index in [1.165, 1.54) is 49.1 Å². The van der Waals surface area contributed by atoms with Crippen LogP contribution in [0.15, 0.2) is 48.5 Å². The van der Waals surface area contributed by atoms with E-state index in [-0.39, 0.29) is 37.5 Å². The van der Waals surface area contributed by atoms with Gasteiger partial charge in [0.2, 0.25) is 4.75 Å². The summed E-state index contributed by atoms with van der Waals surface area (Å²) in [6, 6.07) is 10.8. The van der Waals surface area contributed by atoms with Gasteiger partial charge in [0.05, 0.1) is 16.3 Å². The van der Waals surface area contributed by atoms with Crippen molar-refractivity contribution < 1.29 is 35.9 Å². The molecule has 2 fully saturated rings. The fourth-order valence-corrected chi connectivity index (χ4v) is 6.83. The van der Waals surface area contributed by atoms with E-state index < -0.39 is 44.3 Å². The van der Waals surface area contributed by atoms with Crippen molar-refractivity contribution in [1.82, 2.24) is 9.80 Å². The standard InChI is InChI=1S/C23H24F4N2O4S/c1-22(2)21(30)29(12-16-7-3-4-9-18(16)24)19-13-28(14-20(19)34(22,31)32)11-15-6-5-8-17(10-15)33-23(25,26)27/h3-10,19-20H,11-14H2,1-2H3/t19-,20+/m0/s1. The number of nitrogens with zero attached hydrogens (tertiary/aromatic N) is 2. The Morgan fingerprint density at radius 2 is 1.82 bits per heavy atom. The summed E-state index contributed by atoms with van der Waals surface area (Å²) in [4.78, 5) is 16.5. The molecule has 2 aliphatic heterocycles. The molecule has 2 aliphatic rings. The number of amides is 1. The van der Waals surface area contributed by atoms with Gasteiger partial charge in [0, 0.05) is 31.7 Å². The Labute approximate surface area is 195 Å². The van der Waals surface area contributed by atoms with Gasteiger partial charge in [-0.2, -0.15) is 0 Å². The topological polar surface area (TPSA) is 72.9 Å². The Morgan fingerprint density at radius 1 is 1.12 bits per heavy atom. The van der Waals surface area contributed by atoms with Gasteiger partial charge in [-0.1, -0.05) is 30.3 Å². The van der Waals surface area contributed by atoms with Crippen LogP contribution in [0, 0.1) is 5.82 Å². The molecule has 0 aliphatic carbocycles. The second kappa shape index (κ2) is 8.62. The second-order valence-electron chi connectivity index (χ2n) is 9.07. The summed E-state index contributed by atoms with van der Waals surface area (Å²) < 4.78 is 80.9. The maximum atomic E-state index is 14.3. The van der Waals surface area contributed by atoms with Crippen LogP contribution in [-0.4, -0.2) is 55.8 Å². The van der Waals surface area contributed by atoms with Crippen LogP contribution in [0.1, 0.15) is 25.0 Å². The van der Waals surface area contributed by atoms with Crippen LogP contribution in [0.2, 0.25) is 0 Å². The Kier molecular flexibility index (Phi) is 6.24. The number of likely N-dealkylation sites (tertiary alicyclic amines) is 1. The van der Waals surface area contributed by atoms with Crippen molar-refractivity contribution in [3.05, 3.63) is 65.5 Å². The minimum Gasteiger partial charge on any atom is -0.614 e. The minimum absolute atomic E-state index is 0.0750. The normalized spacial score (nSPS) is 27.0. The van der Waals surface area contributed by atoms with Crippen molar-refractivity contribution in [2.45, 2.75) is 49.3 Å². The van der Waals surface area contributed by atoms with Gasteiger partial charge in [0.1, 0.15) is 11.6 Å². The zero-order chi connectivity index (χ0) is 24.9. The first-order chi connectivity index (χ1) is 15.8. The molecule has 0 radical (unpaired) electrons. The highest BCUT2D eigenvalue weighted by atomic mass is 32.3. The molecule has 11 heteroatoms. The van der Waals surface area contributed by atoms with Crippen molar-refractivity contribution in [1.29, 1.82) is 0 Å². The van der Waals surface area contributed by atoms with Gasteiger partial charge in [-0.3, -0.25) is 9.69 Å². The molecule has 34 heavy (non-hydrogen) atoms. The molecule has 3 atom stereocenters. The Bertz CT molecular complexity index is 1140. The maximum absolute atomic E-state index is 14.3. The molecule has 0 saturated carbocycles. The zero-order valence-corrected chi connectivity index (χ0v) is 19.4. The van der Waals surface area contributed by atoms with E-state index in [4.69, 9.17) is 0 Å². The average molecular weight is 501 g/mol. The van der Waals surface area contributed by atoms with E-state index in [1.54, 1.807) is 23.1 Å². The fourth-order valence-electron chi connectivity index (χ4n) is 4.66. The highest BCUT2D eigenvalue weighted by Crippen LogP contribution is 2.42. The van der Waals surface area contributed by atoms with Gasteiger partial charge in [-0.15, -0.1) is 17.4 Å². The lowest BCUT2D eigenvalue weighted by molar-refractivity contribution is -0.274. The number of hydrogen-bond acceptors (Lipinski definition) is 5. The Balaban J connectivity index is 1.60. The SMILES string of the molecule is CC1(C)C(=O)N(Cc2ccccc2F)[C@H]2CN(Cc3cccc(OC(F)(F)F)c3)C[C@H]2[S+]1(=O)[O-]. The van der Waals surface area contributed by atoms with Crippen LogP contribution in [0.4, 0.5) is 17.6 Å². The Hall–Kier alpha value is -2.50. The molecule has 0 bridgehead atoms. The number of rotatable bonds is 5. The van der Waals surface area contributed by atoms with Crippen LogP contribution in [0.25, 0.3) is 0 Å². The molecule has 1 unspecified atom stereocenters. The lowest BCUT2D eigenvalue weighted by Gasteiger charge is -2.47. The average Bonchev–Trinajstić information content (AvgIpc) is 3.15. The van der Waals surface area contributed by atoms with Crippen LogP contribution in [0.5, 0.6) is 5.75 Å². The van der Waals surface area contributed by atoms with E-state index >= 15 is 0 Å². The largest absolute Gasteiger partial charge is 0.614 e. The summed E-state index contributed by atoms with van der Waals surface area (Å²) in [5.74, 6) is -1.46. The van der Waals surface area contributed by atoms with E-state index in [2.05, 4.69) is 4.74 Å². The van der Waals surface area contributed by atoms with Gasteiger partial charge < -0.3 is 14.2 Å². The van der Waals surface area contributed by atoms with Crippen molar-refractivity contribution in [3.63, 3.8) is 0 Å². The zero-order valence-electron chi connectivity index (χ0n) is 18.5. The number of carbonyl (C=O) groups excluding carboxylic acids is 1. The van der Waals surface area contributed by atoms with Crippen molar-refractivity contribution >= 4 is 16.1 Å². The van der Waals surface area contributed by atoms with Gasteiger partial charge in [0.25, 0.3) is 5.91 Å². The summed E-state index contributed by atoms with van der Waals surface area (Å²) in [6.07, 6.45) is -4.82. The lowest BCUT2D eigenvalue weighted by atomic mass is 10.1. The molecular weight excluding hydrogens is 476 g/mol. The number of alkyl halides is 3. The predicted molar refractivity (Wildman–Crippen MR) is 116 cm³/mol. The number of benzene rings is 2. The van der Waals surface area contributed by atoms with Crippen molar-refractivity contribution in [2.75, 3.05) is 13.1 Å². The number of sulfone groups is 1. The third-order valence-electron chi connectivity index (χ3n) is 6.44. The first-order valence-electron chi connectivity index (χ1n) is 10.6. The number of fused-ring (bicyclic) bond motifs is 1. The van der Waals surface area contributed by atoms with Crippen LogP contribution < -0.4 is 4.74 Å². The molecule has 2 aromatic rings. The van der Waals surface area contributed by atoms with E-state index in [1.807, 2.05) is 0 Å². The summed E-state index contributed by atoms with van der Waals surface area (Å²) in [6.45, 7) is 3.09. The number of halogens is 4. The molecular formula is C23H24F4N2O4S. The van der Waals surface area contributed by atoms with Crippen molar-refractivity contribution in [2.24, 2.45) is 0 Å². The monoisotopic (exact) mass is 500 g/mol. The molecule has 2 aromatic carbocycles. The third-order valence-corrected chi connectivity index (χ3v) is 9.29. The lowest BCUT2D eigenvalue weighted by Crippen LogP contribution is -2.67. The molecule has 1 amide bonds.